The van der Waals surface area contributed by atoms with Gasteiger partial charge >= 0.3 is 0 Å². The largest absolute Gasteiger partial charge is 0.381 e. The summed E-state index contributed by atoms with van der Waals surface area (Å²) >= 11 is 0. The summed E-state index contributed by atoms with van der Waals surface area (Å²) in [6.45, 7) is 1.75. The van der Waals surface area contributed by atoms with Crippen molar-refractivity contribution in [3.8, 4) is 6.07 Å². The molecule has 0 aliphatic heterocycles. The number of hydrogen-bond donors (Lipinski definition) is 0. The van der Waals surface area contributed by atoms with Crippen LogP contribution in [-0.4, -0.2) is 12.8 Å². The topological polar surface area (TPSA) is 45.4 Å². The number of rotatable bonds is 2. The Bertz CT molecular complexity index is 92.4. The van der Waals surface area contributed by atoms with E-state index in [2.05, 4.69) is 9.99 Å². The highest BCUT2D eigenvalue weighted by Crippen LogP contribution is 1.68. The van der Waals surface area contributed by atoms with Crippen LogP contribution < -0.4 is 0 Å². The molecule has 0 fully saturated rings. The normalized spacial score (nSPS) is 8.57. The molecule has 0 saturated carbocycles. The highest BCUT2D eigenvalue weighted by Gasteiger charge is 1.69. The fraction of sp³-hybridized carbons (Fsp3) is 0.500. The Morgan fingerprint density at radius 2 is 2.71 bits per heavy atom. The molecular formula is C4H6N2O. The van der Waals surface area contributed by atoms with Gasteiger partial charge in [0, 0.05) is 6.21 Å². The maximum Gasteiger partial charge on any atom is 0.202 e. The Hall–Kier alpha value is -1.04. The summed E-state index contributed by atoms with van der Waals surface area (Å²) in [5, 5.41) is 11.2. The second kappa shape index (κ2) is 4.96. The maximum absolute atomic E-state index is 7.84. The average Bonchev–Trinajstić information content (AvgIpc) is 1.69. The second-order valence-electron chi connectivity index (χ2n) is 0.795. The van der Waals surface area contributed by atoms with Crippen LogP contribution in [0.15, 0.2) is 5.16 Å². The number of hydrogen-bond acceptors (Lipinski definition) is 3. The van der Waals surface area contributed by atoms with Crippen LogP contribution in [0.2, 0.25) is 0 Å². The zero-order valence-corrected chi connectivity index (χ0v) is 4.09. The van der Waals surface area contributed by atoms with Gasteiger partial charge in [0.05, 0.1) is 0 Å². The lowest BCUT2D eigenvalue weighted by Gasteiger charge is -1.82. The molecule has 0 rings (SSSR count). The van der Waals surface area contributed by atoms with Crippen LogP contribution in [0.3, 0.4) is 0 Å². The van der Waals surface area contributed by atoms with Crippen LogP contribution in [0.25, 0.3) is 0 Å². The fourth-order valence-corrected chi connectivity index (χ4v) is 0.141. The van der Waals surface area contributed by atoms with Crippen LogP contribution in [0.1, 0.15) is 6.92 Å². The summed E-state index contributed by atoms with van der Waals surface area (Å²) in [6.07, 6.45) is 1.48. The first-order valence-electron chi connectivity index (χ1n) is 1.88. The van der Waals surface area contributed by atoms with Crippen molar-refractivity contribution in [1.29, 1.82) is 5.26 Å². The van der Waals surface area contributed by atoms with E-state index in [1.165, 1.54) is 6.21 Å². The minimum Gasteiger partial charge on any atom is -0.381 e. The smallest absolute Gasteiger partial charge is 0.202 e. The van der Waals surface area contributed by atoms with E-state index in [0.29, 0.717) is 0 Å². The molecule has 0 saturated heterocycles. The molecule has 0 heterocycles. The van der Waals surface area contributed by atoms with Crippen LogP contribution in [0.5, 0.6) is 0 Å². The lowest BCUT2D eigenvalue weighted by atomic mass is 10.8. The lowest BCUT2D eigenvalue weighted by Crippen LogP contribution is -1.79. The van der Waals surface area contributed by atoms with Crippen LogP contribution in [-0.2, 0) is 4.84 Å². The van der Waals surface area contributed by atoms with Crippen molar-refractivity contribution in [3.63, 3.8) is 0 Å². The van der Waals surface area contributed by atoms with E-state index in [0.717, 1.165) is 0 Å². The molecule has 0 aromatic rings. The minimum atomic E-state index is 0.0321. The van der Waals surface area contributed by atoms with Crippen molar-refractivity contribution >= 4 is 6.21 Å². The third-order valence-corrected chi connectivity index (χ3v) is 0.309. The Balaban J connectivity index is 2.87. The van der Waals surface area contributed by atoms with E-state index in [9.17, 15) is 0 Å². The molecule has 0 aliphatic rings. The first-order chi connectivity index (χ1) is 3.41. The molecule has 3 heteroatoms. The van der Waals surface area contributed by atoms with Crippen molar-refractivity contribution in [2.75, 3.05) is 6.61 Å². The molecule has 0 aliphatic carbocycles. The second-order valence-corrected chi connectivity index (χ2v) is 0.795. The summed E-state index contributed by atoms with van der Waals surface area (Å²) in [5.41, 5.74) is 0. The lowest BCUT2D eigenvalue weighted by molar-refractivity contribution is 0.180. The van der Waals surface area contributed by atoms with Gasteiger partial charge in [-0.1, -0.05) is 5.16 Å². The quantitative estimate of drug-likeness (QED) is 0.287. The summed E-state index contributed by atoms with van der Waals surface area (Å²) in [7, 11) is 0. The molecule has 0 atom stereocenters. The summed E-state index contributed by atoms with van der Waals surface area (Å²) in [4.78, 5) is 4.34. The first-order valence-corrected chi connectivity index (χ1v) is 1.88. The molecule has 0 aromatic carbocycles. The van der Waals surface area contributed by atoms with Gasteiger partial charge in [0.1, 0.15) is 6.07 Å². The summed E-state index contributed by atoms with van der Waals surface area (Å²) < 4.78 is 0. The van der Waals surface area contributed by atoms with Crippen molar-refractivity contribution in [1.82, 2.24) is 0 Å². The van der Waals surface area contributed by atoms with Gasteiger partial charge < -0.3 is 4.84 Å². The van der Waals surface area contributed by atoms with Crippen molar-refractivity contribution in [3.05, 3.63) is 0 Å². The number of nitriles is 1. The van der Waals surface area contributed by atoms with Crippen molar-refractivity contribution < 1.29 is 4.84 Å². The van der Waals surface area contributed by atoms with Gasteiger partial charge in [-0.15, -0.1) is 0 Å². The highest BCUT2D eigenvalue weighted by molar-refractivity contribution is 5.52. The van der Waals surface area contributed by atoms with Crippen molar-refractivity contribution in [2.45, 2.75) is 6.92 Å². The molecule has 0 bridgehead atoms. The zero-order chi connectivity index (χ0) is 5.54. The summed E-state index contributed by atoms with van der Waals surface area (Å²) in [5.74, 6) is 0. The molecule has 0 N–H and O–H groups in total. The van der Waals surface area contributed by atoms with Gasteiger partial charge in [-0.3, -0.25) is 0 Å². The summed E-state index contributed by atoms with van der Waals surface area (Å²) in [6, 6.07) is 1.77. The van der Waals surface area contributed by atoms with Gasteiger partial charge in [-0.25, -0.2) is 0 Å². The molecular weight excluding hydrogens is 92.1 g/mol. The molecule has 0 aromatic heterocycles. The average molecular weight is 98.1 g/mol. The van der Waals surface area contributed by atoms with E-state index in [-0.39, 0.29) is 6.61 Å². The predicted octanol–water partition coefficient (Wildman–Crippen LogP) is 0.532. The third-order valence-electron chi connectivity index (χ3n) is 0.309. The molecule has 0 amide bonds. The monoisotopic (exact) mass is 98.0 g/mol. The minimum absolute atomic E-state index is 0.0321. The SMILES string of the molecule is C/C=N\OCC#N. The van der Waals surface area contributed by atoms with Gasteiger partial charge in [0.25, 0.3) is 0 Å². The van der Waals surface area contributed by atoms with Crippen molar-refractivity contribution in [2.24, 2.45) is 5.16 Å². The van der Waals surface area contributed by atoms with E-state index >= 15 is 0 Å². The van der Waals surface area contributed by atoms with E-state index in [1.807, 2.05) is 0 Å². The Morgan fingerprint density at radius 1 is 2.00 bits per heavy atom. The fourth-order valence-electron chi connectivity index (χ4n) is 0.141. The molecule has 0 unspecified atom stereocenters. The Morgan fingerprint density at radius 3 is 3.14 bits per heavy atom. The van der Waals surface area contributed by atoms with Crippen LogP contribution >= 0.6 is 0 Å². The first kappa shape index (κ1) is 5.96. The maximum atomic E-state index is 7.84. The van der Waals surface area contributed by atoms with E-state index in [4.69, 9.17) is 5.26 Å². The van der Waals surface area contributed by atoms with Gasteiger partial charge in [0.15, 0.2) is 0 Å². The van der Waals surface area contributed by atoms with E-state index < -0.39 is 0 Å². The number of oxime groups is 1. The third kappa shape index (κ3) is 4.96. The molecule has 38 valence electrons. The standard InChI is InChI=1S/C4H6N2O/c1-2-6-7-4-3-5/h2H,4H2,1H3/b6-2-. The highest BCUT2D eigenvalue weighted by atomic mass is 16.6. The molecule has 7 heavy (non-hydrogen) atoms. The predicted molar refractivity (Wildman–Crippen MR) is 25.7 cm³/mol. The van der Waals surface area contributed by atoms with Crippen LogP contribution in [0, 0.1) is 11.3 Å². The van der Waals surface area contributed by atoms with E-state index in [1.54, 1.807) is 13.0 Å². The molecule has 3 nitrogen and oxygen atoms in total. The van der Waals surface area contributed by atoms with Gasteiger partial charge in [-0.2, -0.15) is 5.26 Å². The van der Waals surface area contributed by atoms with Gasteiger partial charge in [0.2, 0.25) is 6.61 Å². The Kier molecular flexibility index (Phi) is 4.22. The van der Waals surface area contributed by atoms with Crippen LogP contribution in [0.4, 0.5) is 0 Å². The zero-order valence-electron chi connectivity index (χ0n) is 4.09. The Labute approximate surface area is 42.2 Å². The molecule has 0 radical (unpaired) electrons. The number of nitrogens with zero attached hydrogens (tertiary/aromatic N) is 2. The molecule has 0 spiro atoms. The van der Waals surface area contributed by atoms with Gasteiger partial charge in [-0.05, 0) is 6.92 Å².